The van der Waals surface area contributed by atoms with E-state index in [0.29, 0.717) is 0 Å². The highest BCUT2D eigenvalue weighted by molar-refractivity contribution is 7.18. The van der Waals surface area contributed by atoms with Crippen LogP contribution in [0.15, 0.2) is 6.07 Å². The quantitative estimate of drug-likeness (QED) is 0.699. The van der Waals surface area contributed by atoms with Gasteiger partial charge in [-0.15, -0.1) is 11.3 Å². The number of rotatable bonds is 6. The molecular formula is C16H17F3N4O4S. The summed E-state index contributed by atoms with van der Waals surface area (Å²) in [5, 5.41) is 5.81. The minimum atomic E-state index is -4.63. The lowest BCUT2D eigenvalue weighted by Gasteiger charge is -2.08. The van der Waals surface area contributed by atoms with E-state index in [1.165, 1.54) is 13.8 Å². The van der Waals surface area contributed by atoms with Crippen LogP contribution in [0.2, 0.25) is 0 Å². The Labute approximate surface area is 161 Å². The van der Waals surface area contributed by atoms with Crippen molar-refractivity contribution in [3.05, 3.63) is 33.5 Å². The van der Waals surface area contributed by atoms with Crippen LogP contribution in [-0.4, -0.2) is 34.2 Å². The Morgan fingerprint density at radius 2 is 1.96 bits per heavy atom. The number of ether oxygens (including phenoxy) is 1. The van der Waals surface area contributed by atoms with Gasteiger partial charge in [-0.2, -0.15) is 18.3 Å². The van der Waals surface area contributed by atoms with E-state index in [2.05, 4.69) is 10.4 Å². The van der Waals surface area contributed by atoms with E-state index in [1.807, 2.05) is 0 Å². The molecule has 8 nitrogen and oxygen atoms in total. The van der Waals surface area contributed by atoms with Crippen molar-refractivity contribution >= 4 is 34.1 Å². The fourth-order valence-corrected chi connectivity index (χ4v) is 3.46. The van der Waals surface area contributed by atoms with Gasteiger partial charge in [0.05, 0.1) is 17.0 Å². The molecule has 28 heavy (non-hydrogen) atoms. The highest BCUT2D eigenvalue weighted by Crippen LogP contribution is 2.33. The van der Waals surface area contributed by atoms with Gasteiger partial charge in [0.1, 0.15) is 11.5 Å². The number of nitrogens with zero attached hydrogens (tertiary/aromatic N) is 2. The number of primary amides is 1. The van der Waals surface area contributed by atoms with Crippen LogP contribution in [0.5, 0.6) is 0 Å². The number of amides is 2. The molecule has 0 unspecified atom stereocenters. The summed E-state index contributed by atoms with van der Waals surface area (Å²) in [4.78, 5) is 36.1. The molecule has 0 atom stereocenters. The number of aromatic nitrogens is 2. The van der Waals surface area contributed by atoms with Gasteiger partial charge in [-0.05, 0) is 32.4 Å². The largest absolute Gasteiger partial charge is 0.462 e. The van der Waals surface area contributed by atoms with Crippen LogP contribution in [0, 0.1) is 13.8 Å². The van der Waals surface area contributed by atoms with Crippen LogP contribution in [0.25, 0.3) is 0 Å². The van der Waals surface area contributed by atoms with Gasteiger partial charge in [-0.1, -0.05) is 0 Å². The van der Waals surface area contributed by atoms with Crippen LogP contribution in [0.1, 0.15) is 43.9 Å². The summed E-state index contributed by atoms with van der Waals surface area (Å²) in [6.07, 6.45) is -4.63. The standard InChI is InChI=1S/C16H17F3N4O4S/c1-4-27-15(26)11-8(3)12(13(20)25)28-14(11)21-10(24)6-23-7(2)5-9(22-23)16(17,18)19/h5H,4,6H2,1-3H3,(H2,20,25)(H,21,24). The van der Waals surface area contributed by atoms with E-state index in [1.54, 1.807) is 6.92 Å². The summed E-state index contributed by atoms with van der Waals surface area (Å²) in [6, 6.07) is 0.817. The van der Waals surface area contributed by atoms with Crippen molar-refractivity contribution in [1.29, 1.82) is 0 Å². The van der Waals surface area contributed by atoms with E-state index in [4.69, 9.17) is 10.5 Å². The number of anilines is 1. The van der Waals surface area contributed by atoms with Gasteiger partial charge in [0.25, 0.3) is 5.91 Å². The highest BCUT2D eigenvalue weighted by atomic mass is 32.1. The maximum Gasteiger partial charge on any atom is 0.435 e. The van der Waals surface area contributed by atoms with Crippen molar-refractivity contribution in [2.45, 2.75) is 33.5 Å². The van der Waals surface area contributed by atoms with Crippen molar-refractivity contribution in [1.82, 2.24) is 9.78 Å². The van der Waals surface area contributed by atoms with E-state index < -0.39 is 36.2 Å². The topological polar surface area (TPSA) is 116 Å². The lowest BCUT2D eigenvalue weighted by molar-refractivity contribution is -0.141. The summed E-state index contributed by atoms with van der Waals surface area (Å²) in [5.41, 5.74) is 4.51. The van der Waals surface area contributed by atoms with Gasteiger partial charge < -0.3 is 15.8 Å². The first-order chi connectivity index (χ1) is 13.0. The maximum absolute atomic E-state index is 12.7. The molecule has 2 aromatic heterocycles. The zero-order valence-electron chi connectivity index (χ0n) is 15.1. The molecular weight excluding hydrogens is 401 g/mol. The summed E-state index contributed by atoms with van der Waals surface area (Å²) in [6.45, 7) is 3.99. The molecule has 152 valence electrons. The first-order valence-corrected chi connectivity index (χ1v) is 8.79. The second-order valence-corrected chi connectivity index (χ2v) is 6.74. The third kappa shape index (κ3) is 4.50. The molecule has 2 aromatic rings. The minimum absolute atomic E-state index is 0.0237. The van der Waals surface area contributed by atoms with E-state index in [9.17, 15) is 27.6 Å². The SMILES string of the molecule is CCOC(=O)c1c(NC(=O)Cn2nc(C(F)(F)F)cc2C)sc(C(N)=O)c1C. The van der Waals surface area contributed by atoms with Crippen LogP contribution in [-0.2, 0) is 22.3 Å². The Hall–Kier alpha value is -2.89. The number of alkyl halides is 3. The average Bonchev–Trinajstić information content (AvgIpc) is 3.08. The lowest BCUT2D eigenvalue weighted by atomic mass is 10.1. The van der Waals surface area contributed by atoms with E-state index in [0.717, 1.165) is 22.1 Å². The molecule has 0 bridgehead atoms. The number of hydrogen-bond acceptors (Lipinski definition) is 6. The number of aryl methyl sites for hydroxylation is 1. The molecule has 0 aliphatic heterocycles. The third-order valence-electron chi connectivity index (χ3n) is 3.67. The Kier molecular flexibility index (Phi) is 6.12. The molecule has 2 rings (SSSR count). The normalized spacial score (nSPS) is 11.4. The molecule has 0 aliphatic carbocycles. The van der Waals surface area contributed by atoms with Crippen molar-refractivity contribution in [2.75, 3.05) is 11.9 Å². The Bertz CT molecular complexity index is 933. The number of esters is 1. The first-order valence-electron chi connectivity index (χ1n) is 7.97. The number of nitrogens with two attached hydrogens (primary N) is 1. The molecule has 0 aliphatic rings. The molecule has 0 saturated carbocycles. The van der Waals surface area contributed by atoms with Crippen LogP contribution >= 0.6 is 11.3 Å². The number of carbonyl (C=O) groups is 3. The smallest absolute Gasteiger partial charge is 0.435 e. The summed E-state index contributed by atoms with van der Waals surface area (Å²) < 4.78 is 44.0. The number of nitrogens with one attached hydrogen (secondary N) is 1. The molecule has 0 fully saturated rings. The monoisotopic (exact) mass is 418 g/mol. The van der Waals surface area contributed by atoms with Gasteiger partial charge in [0.15, 0.2) is 5.69 Å². The van der Waals surface area contributed by atoms with Crippen molar-refractivity contribution < 1.29 is 32.3 Å². The maximum atomic E-state index is 12.7. The molecule has 3 N–H and O–H groups in total. The highest BCUT2D eigenvalue weighted by Gasteiger charge is 2.34. The van der Waals surface area contributed by atoms with Gasteiger partial charge in [0, 0.05) is 5.69 Å². The van der Waals surface area contributed by atoms with Crippen LogP contribution < -0.4 is 11.1 Å². The van der Waals surface area contributed by atoms with E-state index in [-0.39, 0.29) is 33.3 Å². The van der Waals surface area contributed by atoms with Gasteiger partial charge in [-0.3, -0.25) is 14.3 Å². The molecule has 12 heteroatoms. The first kappa shape index (κ1) is 21.4. The summed E-state index contributed by atoms with van der Waals surface area (Å²) >= 11 is 0.784. The Morgan fingerprint density at radius 1 is 1.32 bits per heavy atom. The van der Waals surface area contributed by atoms with Gasteiger partial charge in [0.2, 0.25) is 5.91 Å². The number of thiophene rings is 1. The zero-order chi connectivity index (χ0) is 21.2. The second kappa shape index (κ2) is 8.00. The predicted molar refractivity (Wildman–Crippen MR) is 94.1 cm³/mol. The molecule has 0 aromatic carbocycles. The second-order valence-electron chi connectivity index (χ2n) is 5.72. The number of carbonyl (C=O) groups excluding carboxylic acids is 3. The number of hydrogen-bond donors (Lipinski definition) is 2. The van der Waals surface area contributed by atoms with Crippen LogP contribution in [0.3, 0.4) is 0 Å². The fourth-order valence-electron chi connectivity index (χ4n) is 2.40. The van der Waals surface area contributed by atoms with Crippen LogP contribution in [0.4, 0.5) is 18.2 Å². The molecule has 0 saturated heterocycles. The lowest BCUT2D eigenvalue weighted by Crippen LogP contribution is -2.21. The van der Waals surface area contributed by atoms with E-state index >= 15 is 0 Å². The third-order valence-corrected chi connectivity index (χ3v) is 4.89. The summed E-state index contributed by atoms with van der Waals surface area (Å²) in [5.74, 6) is -2.28. The molecule has 0 spiro atoms. The fraction of sp³-hybridized carbons (Fsp3) is 0.375. The van der Waals surface area contributed by atoms with Gasteiger partial charge >= 0.3 is 12.1 Å². The summed E-state index contributed by atoms with van der Waals surface area (Å²) in [7, 11) is 0. The van der Waals surface area contributed by atoms with Crippen molar-refractivity contribution in [3.8, 4) is 0 Å². The Balaban J connectivity index is 2.29. The number of halogens is 3. The molecule has 0 radical (unpaired) electrons. The molecule has 2 amide bonds. The molecule has 2 heterocycles. The minimum Gasteiger partial charge on any atom is -0.462 e. The Morgan fingerprint density at radius 3 is 2.46 bits per heavy atom. The zero-order valence-corrected chi connectivity index (χ0v) is 16.0. The average molecular weight is 418 g/mol. The van der Waals surface area contributed by atoms with Crippen molar-refractivity contribution in [2.24, 2.45) is 5.73 Å². The predicted octanol–water partition coefficient (Wildman–Crippen LogP) is 2.49. The van der Waals surface area contributed by atoms with Crippen molar-refractivity contribution in [3.63, 3.8) is 0 Å². The van der Waals surface area contributed by atoms with Gasteiger partial charge in [-0.25, -0.2) is 4.79 Å².